The predicted molar refractivity (Wildman–Crippen MR) is 185 cm³/mol. The van der Waals surface area contributed by atoms with Crippen molar-refractivity contribution >= 4 is 64.6 Å². The third-order valence-electron chi connectivity index (χ3n) is 6.46. The van der Waals surface area contributed by atoms with E-state index in [1.807, 2.05) is 12.1 Å². The van der Waals surface area contributed by atoms with Crippen LogP contribution in [0.15, 0.2) is 63.6 Å². The average molecular weight is 780 g/mol. The standard InChI is InChI=1S/C16H14F3N5OS.C16H13F3N4OS2/c1-22-13-12(7-20)14(24-15(21)23-13)26-8-11(25)6-9-3-2-4-10(5-9)16(17,18)19;1-25-13-12(7-20)14(23-15(21)22-13)26-8-11(24)6-9-3-2-4-10(5-9)16(17,18)19/h2-5H,6,8H2,1H3,(H3,21,22,23,24);2-5H,6,8H2,1H3,(H2,21,22,23). The quantitative estimate of drug-likeness (QED) is 0.0803. The molecular formula is C32H27F6N9O2S3. The lowest BCUT2D eigenvalue weighted by atomic mass is 10.1. The molecule has 0 atom stereocenters. The van der Waals surface area contributed by atoms with E-state index in [4.69, 9.17) is 11.5 Å². The highest BCUT2D eigenvalue weighted by Gasteiger charge is 2.31. The molecule has 0 aliphatic carbocycles. The molecule has 2 heterocycles. The Labute approximate surface area is 306 Å². The Morgan fingerprint density at radius 2 is 1.15 bits per heavy atom. The van der Waals surface area contributed by atoms with Crippen molar-refractivity contribution < 1.29 is 35.9 Å². The molecule has 0 aliphatic rings. The van der Waals surface area contributed by atoms with Crippen LogP contribution in [0.25, 0.3) is 0 Å². The zero-order valence-electron chi connectivity index (χ0n) is 27.1. The number of nitrogens with two attached hydrogens (primary N) is 2. The summed E-state index contributed by atoms with van der Waals surface area (Å²) in [4.78, 5) is 40.0. The van der Waals surface area contributed by atoms with E-state index in [1.165, 1.54) is 36.0 Å². The van der Waals surface area contributed by atoms with Crippen LogP contribution >= 0.6 is 35.3 Å². The second-order valence-electron chi connectivity index (χ2n) is 10.3. The molecule has 4 rings (SSSR count). The summed E-state index contributed by atoms with van der Waals surface area (Å²) >= 11 is 3.23. The maximum Gasteiger partial charge on any atom is 0.416 e. The lowest BCUT2D eigenvalue weighted by Crippen LogP contribution is -2.10. The van der Waals surface area contributed by atoms with Crippen LogP contribution < -0.4 is 16.8 Å². The van der Waals surface area contributed by atoms with Gasteiger partial charge in [0.25, 0.3) is 0 Å². The van der Waals surface area contributed by atoms with Crippen LogP contribution in [0.1, 0.15) is 33.4 Å². The molecule has 0 aliphatic heterocycles. The molecule has 20 heteroatoms. The van der Waals surface area contributed by atoms with E-state index in [2.05, 4.69) is 25.3 Å². The lowest BCUT2D eigenvalue weighted by molar-refractivity contribution is -0.138. The highest BCUT2D eigenvalue weighted by atomic mass is 32.2. The van der Waals surface area contributed by atoms with Crippen molar-refractivity contribution in [3.05, 3.63) is 81.9 Å². The number of ketones is 2. The Morgan fingerprint density at radius 1 is 0.731 bits per heavy atom. The molecule has 0 bridgehead atoms. The number of carbonyl (C=O) groups is 2. The van der Waals surface area contributed by atoms with Gasteiger partial charge in [-0.1, -0.05) is 59.9 Å². The molecule has 2 aromatic heterocycles. The number of carbonyl (C=O) groups excluding carboxylic acids is 2. The van der Waals surface area contributed by atoms with E-state index in [9.17, 15) is 46.5 Å². The predicted octanol–water partition coefficient (Wildman–Crippen LogP) is 6.47. The molecule has 0 fully saturated rings. The normalized spacial score (nSPS) is 11.1. The number of aromatic nitrogens is 4. The van der Waals surface area contributed by atoms with E-state index >= 15 is 0 Å². The molecule has 0 amide bonds. The molecular weight excluding hydrogens is 753 g/mol. The van der Waals surface area contributed by atoms with Gasteiger partial charge < -0.3 is 16.8 Å². The number of nitrogen functional groups attached to an aromatic ring is 2. The van der Waals surface area contributed by atoms with Gasteiger partial charge in [0.2, 0.25) is 11.9 Å². The molecule has 4 aromatic rings. The first kappa shape index (κ1) is 41.4. The summed E-state index contributed by atoms with van der Waals surface area (Å²) in [5, 5.41) is 22.1. The van der Waals surface area contributed by atoms with Gasteiger partial charge in [-0.25, -0.2) is 15.0 Å². The lowest BCUT2D eigenvalue weighted by Gasteiger charge is -2.09. The van der Waals surface area contributed by atoms with Crippen LogP contribution in [-0.2, 0) is 34.8 Å². The summed E-state index contributed by atoms with van der Waals surface area (Å²) in [6.07, 6.45) is -7.48. The third-order valence-corrected chi connectivity index (χ3v) is 9.21. The number of hydrogen-bond donors (Lipinski definition) is 3. The molecule has 52 heavy (non-hydrogen) atoms. The fourth-order valence-corrected chi connectivity index (χ4v) is 6.48. The maximum atomic E-state index is 12.7. The molecule has 11 nitrogen and oxygen atoms in total. The van der Waals surface area contributed by atoms with Crippen molar-refractivity contribution in [2.75, 3.05) is 41.6 Å². The summed E-state index contributed by atoms with van der Waals surface area (Å²) in [5.41, 5.74) is 10.5. The number of benzene rings is 2. The molecule has 5 N–H and O–H groups in total. The number of thioether (sulfide) groups is 3. The average Bonchev–Trinajstić information content (AvgIpc) is 3.09. The van der Waals surface area contributed by atoms with Crippen molar-refractivity contribution in [1.29, 1.82) is 10.5 Å². The van der Waals surface area contributed by atoms with Crippen LogP contribution in [0.3, 0.4) is 0 Å². The number of alkyl halides is 6. The van der Waals surface area contributed by atoms with E-state index in [0.717, 1.165) is 47.8 Å². The Balaban J connectivity index is 0.000000280. The minimum Gasteiger partial charge on any atom is -0.372 e. The molecule has 0 saturated carbocycles. The first-order valence-electron chi connectivity index (χ1n) is 14.5. The van der Waals surface area contributed by atoms with Crippen LogP contribution in [0.2, 0.25) is 0 Å². The maximum absolute atomic E-state index is 12.7. The zero-order valence-corrected chi connectivity index (χ0v) is 29.5. The highest BCUT2D eigenvalue weighted by Crippen LogP contribution is 2.32. The number of nitrogens with zero attached hydrogens (tertiary/aromatic N) is 6. The van der Waals surface area contributed by atoms with Crippen molar-refractivity contribution in [1.82, 2.24) is 19.9 Å². The first-order chi connectivity index (χ1) is 24.5. The number of Topliss-reactive ketones (excluding diaryl/α,β-unsaturated/α-hetero) is 2. The van der Waals surface area contributed by atoms with Gasteiger partial charge in [0.1, 0.15) is 49.9 Å². The largest absolute Gasteiger partial charge is 0.416 e. The summed E-state index contributed by atoms with van der Waals surface area (Å²) in [6.45, 7) is 0. The Hall–Kier alpha value is -5.05. The summed E-state index contributed by atoms with van der Waals surface area (Å²) in [6, 6.07) is 13.2. The van der Waals surface area contributed by atoms with Gasteiger partial charge in [0, 0.05) is 19.9 Å². The van der Waals surface area contributed by atoms with Crippen molar-refractivity contribution in [2.45, 2.75) is 40.3 Å². The summed E-state index contributed by atoms with van der Waals surface area (Å²) in [5.74, 6) is -0.530. The van der Waals surface area contributed by atoms with Gasteiger partial charge in [0.15, 0.2) is 5.82 Å². The topological polar surface area (TPSA) is 197 Å². The van der Waals surface area contributed by atoms with E-state index < -0.39 is 23.5 Å². The van der Waals surface area contributed by atoms with Gasteiger partial charge in [-0.15, -0.1) is 11.8 Å². The fraction of sp³-hybridized carbons (Fsp3) is 0.250. The second kappa shape index (κ2) is 18.4. The van der Waals surface area contributed by atoms with Crippen LogP contribution in [0.4, 0.5) is 44.1 Å². The Morgan fingerprint density at radius 3 is 1.56 bits per heavy atom. The first-order valence-corrected chi connectivity index (χ1v) is 17.7. The number of nitrogens with one attached hydrogen (secondary N) is 1. The smallest absolute Gasteiger partial charge is 0.372 e. The van der Waals surface area contributed by atoms with Crippen molar-refractivity contribution in [2.24, 2.45) is 0 Å². The number of anilines is 3. The monoisotopic (exact) mass is 779 g/mol. The molecule has 0 radical (unpaired) electrons. The number of nitriles is 2. The van der Waals surface area contributed by atoms with Crippen LogP contribution in [0.5, 0.6) is 0 Å². The van der Waals surface area contributed by atoms with Crippen LogP contribution in [0, 0.1) is 22.7 Å². The van der Waals surface area contributed by atoms with Gasteiger partial charge in [-0.05, 0) is 29.5 Å². The van der Waals surface area contributed by atoms with E-state index in [1.54, 1.807) is 13.3 Å². The highest BCUT2D eigenvalue weighted by molar-refractivity contribution is 8.00. The Kier molecular flexibility index (Phi) is 14.7. The third kappa shape index (κ3) is 12.0. The van der Waals surface area contributed by atoms with Gasteiger partial charge >= 0.3 is 12.4 Å². The molecule has 2 aromatic carbocycles. The summed E-state index contributed by atoms with van der Waals surface area (Å²) in [7, 11) is 1.57. The van der Waals surface area contributed by atoms with Gasteiger partial charge in [-0.2, -0.15) is 41.9 Å². The summed E-state index contributed by atoms with van der Waals surface area (Å²) < 4.78 is 76.3. The number of hydrogen-bond acceptors (Lipinski definition) is 14. The van der Waals surface area contributed by atoms with Gasteiger partial charge in [-0.3, -0.25) is 9.59 Å². The minimum absolute atomic E-state index is 0.0128. The van der Waals surface area contributed by atoms with E-state index in [-0.39, 0.29) is 85.9 Å². The number of rotatable bonds is 12. The zero-order chi connectivity index (χ0) is 38.6. The second-order valence-corrected chi connectivity index (χ2v) is 13.0. The Bertz CT molecular complexity index is 1870. The fourth-order valence-electron chi connectivity index (χ4n) is 4.20. The van der Waals surface area contributed by atoms with Gasteiger partial charge in [0.05, 0.1) is 22.6 Å². The van der Waals surface area contributed by atoms with E-state index in [0.29, 0.717) is 5.03 Å². The molecule has 0 saturated heterocycles. The molecule has 0 spiro atoms. The SMILES string of the molecule is CNc1nc(N)nc(SCC(=O)Cc2cccc(C(F)(F)F)c2)c1C#N.CSc1nc(N)nc(SCC(=O)Cc2cccc(C(F)(F)F)c2)c1C#N. The minimum atomic E-state index is -4.46. The van der Waals surface area contributed by atoms with Crippen molar-refractivity contribution in [3.63, 3.8) is 0 Å². The number of halogens is 6. The molecule has 272 valence electrons. The van der Waals surface area contributed by atoms with Crippen LogP contribution in [-0.4, -0.2) is 56.3 Å². The van der Waals surface area contributed by atoms with Crippen molar-refractivity contribution in [3.8, 4) is 12.1 Å². The molecule has 0 unspecified atom stereocenters.